The number of alkyl halides is 2. The van der Waals surface area contributed by atoms with Crippen LogP contribution in [-0.2, 0) is 0 Å². The second kappa shape index (κ2) is 5.32. The molecule has 0 saturated carbocycles. The zero-order valence-corrected chi connectivity index (χ0v) is 9.18. The van der Waals surface area contributed by atoms with Gasteiger partial charge in [0.1, 0.15) is 13.2 Å². The zero-order chi connectivity index (χ0) is 10.8. The monoisotopic (exact) mass is 251 g/mol. The van der Waals surface area contributed by atoms with Gasteiger partial charge in [-0.2, -0.15) is 0 Å². The smallest absolute Gasteiger partial charge is 0.257 e. The standard InChI is InChI=1S/C10H11F2NO2.ClH/c11-10(12)9(13)6-1-2-7-8(5-6)15-4-3-14-7;/h1-2,5,9-10H,3-4,13H2;1H/t9-;/m0./s1. The Morgan fingerprint density at radius 3 is 2.38 bits per heavy atom. The summed E-state index contributed by atoms with van der Waals surface area (Å²) in [6.07, 6.45) is -2.58. The van der Waals surface area contributed by atoms with Crippen LogP contribution in [0.4, 0.5) is 8.78 Å². The molecule has 0 unspecified atom stereocenters. The Kier molecular flexibility index (Phi) is 4.32. The molecule has 0 fully saturated rings. The van der Waals surface area contributed by atoms with Crippen molar-refractivity contribution in [3.8, 4) is 11.5 Å². The van der Waals surface area contributed by atoms with Crippen molar-refractivity contribution in [2.75, 3.05) is 13.2 Å². The van der Waals surface area contributed by atoms with E-state index in [0.717, 1.165) is 0 Å². The second-order valence-corrected chi connectivity index (χ2v) is 3.26. The normalized spacial score (nSPS) is 15.5. The number of hydrogen-bond donors (Lipinski definition) is 1. The highest BCUT2D eigenvalue weighted by molar-refractivity contribution is 5.85. The van der Waals surface area contributed by atoms with E-state index in [1.54, 1.807) is 6.07 Å². The van der Waals surface area contributed by atoms with Crippen LogP contribution in [-0.4, -0.2) is 19.6 Å². The van der Waals surface area contributed by atoms with Gasteiger partial charge in [-0.25, -0.2) is 8.78 Å². The quantitative estimate of drug-likeness (QED) is 0.876. The van der Waals surface area contributed by atoms with Crippen LogP contribution in [0.2, 0.25) is 0 Å². The van der Waals surface area contributed by atoms with E-state index in [4.69, 9.17) is 15.2 Å². The van der Waals surface area contributed by atoms with Crippen LogP contribution < -0.4 is 15.2 Å². The van der Waals surface area contributed by atoms with Crippen molar-refractivity contribution in [3.63, 3.8) is 0 Å². The molecule has 1 aliphatic heterocycles. The third kappa shape index (κ3) is 2.54. The molecule has 1 heterocycles. The van der Waals surface area contributed by atoms with Crippen LogP contribution in [0.3, 0.4) is 0 Å². The van der Waals surface area contributed by atoms with E-state index in [1.165, 1.54) is 12.1 Å². The predicted octanol–water partition coefficient (Wildman–Crippen LogP) is 2.14. The summed E-state index contributed by atoms with van der Waals surface area (Å²) in [6.45, 7) is 0.910. The largest absolute Gasteiger partial charge is 0.486 e. The third-order valence-electron chi connectivity index (χ3n) is 2.22. The number of benzene rings is 1. The lowest BCUT2D eigenvalue weighted by Gasteiger charge is -2.20. The fourth-order valence-corrected chi connectivity index (χ4v) is 1.41. The third-order valence-corrected chi connectivity index (χ3v) is 2.22. The molecule has 1 aromatic rings. The fraction of sp³-hybridized carbons (Fsp3) is 0.400. The summed E-state index contributed by atoms with van der Waals surface area (Å²) < 4.78 is 35.2. The topological polar surface area (TPSA) is 44.5 Å². The summed E-state index contributed by atoms with van der Waals surface area (Å²) in [7, 11) is 0. The van der Waals surface area contributed by atoms with Crippen LogP contribution in [0.5, 0.6) is 11.5 Å². The molecular formula is C10H12ClF2NO2. The molecule has 0 saturated heterocycles. The van der Waals surface area contributed by atoms with E-state index in [2.05, 4.69) is 0 Å². The predicted molar refractivity (Wildman–Crippen MR) is 57.6 cm³/mol. The number of halogens is 3. The average molecular weight is 252 g/mol. The maximum absolute atomic E-state index is 12.3. The highest BCUT2D eigenvalue weighted by atomic mass is 35.5. The molecule has 1 aliphatic rings. The van der Waals surface area contributed by atoms with Crippen LogP contribution >= 0.6 is 12.4 Å². The van der Waals surface area contributed by atoms with Crippen molar-refractivity contribution in [2.45, 2.75) is 12.5 Å². The number of rotatable bonds is 2. The van der Waals surface area contributed by atoms with Gasteiger partial charge in [0.2, 0.25) is 0 Å². The van der Waals surface area contributed by atoms with Crippen molar-refractivity contribution >= 4 is 12.4 Å². The van der Waals surface area contributed by atoms with Gasteiger partial charge in [-0.3, -0.25) is 0 Å². The first kappa shape index (κ1) is 13.0. The number of hydrogen-bond acceptors (Lipinski definition) is 3. The minimum absolute atomic E-state index is 0. The van der Waals surface area contributed by atoms with Gasteiger partial charge in [0.05, 0.1) is 6.04 Å². The Balaban J connectivity index is 0.00000128. The first-order valence-electron chi connectivity index (χ1n) is 4.62. The Labute approximate surface area is 97.9 Å². The number of ether oxygens (including phenoxy) is 2. The molecule has 16 heavy (non-hydrogen) atoms. The highest BCUT2D eigenvalue weighted by Gasteiger charge is 2.20. The molecule has 0 aromatic heterocycles. The molecule has 0 aliphatic carbocycles. The minimum atomic E-state index is -2.58. The van der Waals surface area contributed by atoms with Crippen molar-refractivity contribution in [1.29, 1.82) is 0 Å². The van der Waals surface area contributed by atoms with Gasteiger partial charge in [-0.05, 0) is 17.7 Å². The Bertz CT molecular complexity index is 363. The molecule has 0 radical (unpaired) electrons. The number of fused-ring (bicyclic) bond motifs is 1. The summed E-state index contributed by atoms with van der Waals surface area (Å²) in [5.41, 5.74) is 5.68. The molecule has 2 N–H and O–H groups in total. The summed E-state index contributed by atoms with van der Waals surface area (Å²) >= 11 is 0. The van der Waals surface area contributed by atoms with Gasteiger partial charge >= 0.3 is 0 Å². The molecule has 90 valence electrons. The van der Waals surface area contributed by atoms with Gasteiger partial charge in [0.25, 0.3) is 6.43 Å². The van der Waals surface area contributed by atoms with Crippen LogP contribution in [0, 0.1) is 0 Å². The maximum atomic E-state index is 12.3. The molecule has 0 bridgehead atoms. The molecule has 6 heteroatoms. The van der Waals surface area contributed by atoms with E-state index in [0.29, 0.717) is 30.3 Å². The van der Waals surface area contributed by atoms with Gasteiger partial charge in [0, 0.05) is 0 Å². The summed E-state index contributed by atoms with van der Waals surface area (Å²) in [5.74, 6) is 1.06. The van der Waals surface area contributed by atoms with E-state index >= 15 is 0 Å². The Morgan fingerprint density at radius 1 is 1.12 bits per heavy atom. The molecule has 3 nitrogen and oxygen atoms in total. The first-order chi connectivity index (χ1) is 7.18. The zero-order valence-electron chi connectivity index (χ0n) is 8.36. The molecule has 1 atom stereocenters. The van der Waals surface area contributed by atoms with E-state index in [-0.39, 0.29) is 12.4 Å². The molecule has 2 rings (SSSR count). The first-order valence-corrected chi connectivity index (χ1v) is 4.62. The number of nitrogens with two attached hydrogens (primary N) is 1. The van der Waals surface area contributed by atoms with Gasteiger partial charge in [0.15, 0.2) is 11.5 Å². The van der Waals surface area contributed by atoms with Gasteiger partial charge in [-0.1, -0.05) is 6.07 Å². The second-order valence-electron chi connectivity index (χ2n) is 3.26. The Hall–Kier alpha value is -1.07. The van der Waals surface area contributed by atoms with Gasteiger partial charge in [-0.15, -0.1) is 12.4 Å². The van der Waals surface area contributed by atoms with Crippen LogP contribution in [0.15, 0.2) is 18.2 Å². The lowest BCUT2D eigenvalue weighted by atomic mass is 10.1. The Morgan fingerprint density at radius 2 is 1.75 bits per heavy atom. The van der Waals surface area contributed by atoms with Gasteiger partial charge < -0.3 is 15.2 Å². The molecule has 0 amide bonds. The summed E-state index contributed by atoms with van der Waals surface area (Å²) in [4.78, 5) is 0. The molecule has 0 spiro atoms. The van der Waals surface area contributed by atoms with Crippen molar-refractivity contribution in [2.24, 2.45) is 5.73 Å². The fourth-order valence-electron chi connectivity index (χ4n) is 1.41. The van der Waals surface area contributed by atoms with Crippen LogP contribution in [0.25, 0.3) is 0 Å². The maximum Gasteiger partial charge on any atom is 0.257 e. The van der Waals surface area contributed by atoms with Crippen molar-refractivity contribution in [1.82, 2.24) is 0 Å². The van der Waals surface area contributed by atoms with E-state index in [1.807, 2.05) is 0 Å². The van der Waals surface area contributed by atoms with E-state index in [9.17, 15) is 8.78 Å². The molecular weight excluding hydrogens is 240 g/mol. The average Bonchev–Trinajstić information content (AvgIpc) is 2.27. The SMILES string of the molecule is Cl.N[C@@H](c1ccc2c(c1)OCCO2)C(F)F. The van der Waals surface area contributed by atoms with Crippen LogP contribution in [0.1, 0.15) is 11.6 Å². The lowest BCUT2D eigenvalue weighted by molar-refractivity contribution is 0.116. The highest BCUT2D eigenvalue weighted by Crippen LogP contribution is 2.33. The van der Waals surface area contributed by atoms with Crippen molar-refractivity contribution in [3.05, 3.63) is 23.8 Å². The minimum Gasteiger partial charge on any atom is -0.486 e. The summed E-state index contributed by atoms with van der Waals surface area (Å²) in [5, 5.41) is 0. The van der Waals surface area contributed by atoms with E-state index < -0.39 is 12.5 Å². The summed E-state index contributed by atoms with van der Waals surface area (Å²) in [6, 6.07) is 3.36. The lowest BCUT2D eigenvalue weighted by Crippen LogP contribution is -2.20. The van der Waals surface area contributed by atoms with Crippen molar-refractivity contribution < 1.29 is 18.3 Å². The molecule has 1 aromatic carbocycles.